The van der Waals surface area contributed by atoms with Gasteiger partial charge in [0, 0.05) is 13.0 Å². The van der Waals surface area contributed by atoms with Crippen LogP contribution in [0.5, 0.6) is 0 Å². The number of carbonyl (C=O) groups excluding carboxylic acids is 1. The number of anilines is 1. The molecule has 0 amide bonds. The zero-order valence-corrected chi connectivity index (χ0v) is 16.3. The molecule has 5 nitrogen and oxygen atoms in total. The number of esters is 1. The van der Waals surface area contributed by atoms with Crippen LogP contribution in [-0.4, -0.2) is 29.3 Å². The van der Waals surface area contributed by atoms with Crippen molar-refractivity contribution >= 4 is 11.7 Å². The summed E-state index contributed by atoms with van der Waals surface area (Å²) in [6.45, 7) is 4.79. The zero-order valence-electron chi connectivity index (χ0n) is 16.3. The molecule has 8 heteroatoms. The molecular formula is C20H28F3N3O2. The summed E-state index contributed by atoms with van der Waals surface area (Å²) in [5.41, 5.74) is -1.24. The Bertz CT molecular complexity index is 680. The number of nitrogens with zero attached hydrogens (tertiary/aromatic N) is 1. The Labute approximate surface area is 163 Å². The van der Waals surface area contributed by atoms with Gasteiger partial charge in [0.05, 0.1) is 23.8 Å². The summed E-state index contributed by atoms with van der Waals surface area (Å²) in [5.74, 6) is -0.0117. The first-order valence-electron chi connectivity index (χ1n) is 10.0. The van der Waals surface area contributed by atoms with E-state index in [0.717, 1.165) is 44.7 Å². The number of carbonyl (C=O) groups is 1. The van der Waals surface area contributed by atoms with Crippen molar-refractivity contribution in [1.29, 1.82) is 0 Å². The van der Waals surface area contributed by atoms with Crippen LogP contribution in [0.25, 0.3) is 0 Å². The molecule has 0 radical (unpaired) electrons. The van der Waals surface area contributed by atoms with Crippen molar-refractivity contribution < 1.29 is 22.7 Å². The van der Waals surface area contributed by atoms with Gasteiger partial charge in [-0.3, -0.25) is 10.1 Å². The van der Waals surface area contributed by atoms with E-state index in [2.05, 4.69) is 22.5 Å². The van der Waals surface area contributed by atoms with Crippen LogP contribution in [0.2, 0.25) is 0 Å². The first-order chi connectivity index (χ1) is 13.2. The molecule has 2 aliphatic rings. The predicted octanol–water partition coefficient (Wildman–Crippen LogP) is 4.35. The van der Waals surface area contributed by atoms with Crippen LogP contribution in [0.4, 0.5) is 18.9 Å². The smallest absolute Gasteiger partial charge is 0.433 e. The molecule has 0 spiro atoms. The largest absolute Gasteiger partial charge is 0.441 e. The van der Waals surface area contributed by atoms with Crippen LogP contribution in [0.15, 0.2) is 18.3 Å². The number of rotatable bonds is 8. The molecule has 1 aliphatic heterocycles. The van der Waals surface area contributed by atoms with Gasteiger partial charge in [0.1, 0.15) is 5.69 Å². The molecular weight excluding hydrogens is 371 g/mol. The van der Waals surface area contributed by atoms with Crippen molar-refractivity contribution in [1.82, 2.24) is 10.3 Å². The van der Waals surface area contributed by atoms with Crippen molar-refractivity contribution in [2.75, 3.05) is 11.9 Å². The summed E-state index contributed by atoms with van der Waals surface area (Å²) in [6.07, 6.45) is 2.21. The van der Waals surface area contributed by atoms with Crippen LogP contribution in [0.1, 0.15) is 58.1 Å². The number of hydrogen-bond acceptors (Lipinski definition) is 5. The lowest BCUT2D eigenvalue weighted by Gasteiger charge is -2.37. The van der Waals surface area contributed by atoms with Crippen molar-refractivity contribution in [3.05, 3.63) is 24.0 Å². The van der Waals surface area contributed by atoms with Crippen LogP contribution >= 0.6 is 0 Å². The molecule has 1 saturated heterocycles. The van der Waals surface area contributed by atoms with E-state index in [1.165, 1.54) is 12.3 Å². The van der Waals surface area contributed by atoms with E-state index in [4.69, 9.17) is 4.74 Å². The van der Waals surface area contributed by atoms with Gasteiger partial charge in [0.15, 0.2) is 5.72 Å². The number of ether oxygens (including phenoxy) is 1. The average molecular weight is 399 g/mol. The van der Waals surface area contributed by atoms with E-state index in [1.807, 2.05) is 6.92 Å². The maximum absolute atomic E-state index is 12.7. The highest BCUT2D eigenvalue weighted by molar-refractivity contribution is 5.72. The maximum Gasteiger partial charge on any atom is 0.433 e. The number of alkyl halides is 3. The highest BCUT2D eigenvalue weighted by Crippen LogP contribution is 2.43. The second-order valence-corrected chi connectivity index (χ2v) is 8.02. The SMILES string of the molecule is CCCCCC(C)C(=O)O[C@]12C[C@@H](CN1)C[C@H]2Nc1ccc(C(F)(F)F)nc1. The van der Waals surface area contributed by atoms with Crippen molar-refractivity contribution in [3.63, 3.8) is 0 Å². The quantitative estimate of drug-likeness (QED) is 0.503. The second-order valence-electron chi connectivity index (χ2n) is 8.02. The standard InChI is InChI=1S/C20H28F3N3O2/c1-3-4-5-6-13(2)18(27)28-19-10-14(11-25-19)9-17(19)26-15-7-8-16(24-12-15)20(21,22)23/h7-8,12-14,17,25-26H,3-6,9-11H2,1-2H3/t13?,14-,17+,19-/m0/s1. The minimum absolute atomic E-state index is 0.171. The molecule has 1 aromatic rings. The summed E-state index contributed by atoms with van der Waals surface area (Å²) < 4.78 is 44.0. The lowest BCUT2D eigenvalue weighted by Crippen LogP contribution is -2.57. The van der Waals surface area contributed by atoms with E-state index in [-0.39, 0.29) is 17.9 Å². The number of halogens is 3. The highest BCUT2D eigenvalue weighted by atomic mass is 19.4. The first kappa shape index (κ1) is 20.9. The Balaban J connectivity index is 1.64. The molecule has 2 heterocycles. The van der Waals surface area contributed by atoms with Crippen LogP contribution in [0.3, 0.4) is 0 Å². The van der Waals surface area contributed by atoms with Crippen LogP contribution in [0, 0.1) is 11.8 Å². The van der Waals surface area contributed by atoms with Gasteiger partial charge in [-0.2, -0.15) is 13.2 Å². The van der Waals surface area contributed by atoms with Gasteiger partial charge in [-0.25, -0.2) is 4.98 Å². The van der Waals surface area contributed by atoms with Gasteiger partial charge < -0.3 is 10.1 Å². The molecule has 28 heavy (non-hydrogen) atoms. The van der Waals surface area contributed by atoms with E-state index in [9.17, 15) is 18.0 Å². The van der Waals surface area contributed by atoms with E-state index >= 15 is 0 Å². The second kappa shape index (κ2) is 8.27. The molecule has 156 valence electrons. The Kier molecular flexibility index (Phi) is 6.17. The Hall–Kier alpha value is -1.83. The van der Waals surface area contributed by atoms with Gasteiger partial charge in [0.25, 0.3) is 0 Å². The number of pyridine rings is 1. The molecule has 3 rings (SSSR count). The molecule has 4 atom stereocenters. The summed E-state index contributed by atoms with van der Waals surface area (Å²) in [6, 6.07) is 2.12. The van der Waals surface area contributed by atoms with Gasteiger partial charge in [-0.15, -0.1) is 0 Å². The predicted molar refractivity (Wildman–Crippen MR) is 99.5 cm³/mol. The highest BCUT2D eigenvalue weighted by Gasteiger charge is 2.55. The number of nitrogens with one attached hydrogen (secondary N) is 2. The number of hydrogen-bond donors (Lipinski definition) is 2. The van der Waals surface area contributed by atoms with Gasteiger partial charge in [0.2, 0.25) is 0 Å². The fraction of sp³-hybridized carbons (Fsp3) is 0.700. The van der Waals surface area contributed by atoms with E-state index in [1.54, 1.807) is 0 Å². The lowest BCUT2D eigenvalue weighted by atomic mass is 10.0. The van der Waals surface area contributed by atoms with Crippen molar-refractivity contribution in [2.24, 2.45) is 11.8 Å². The Morgan fingerprint density at radius 3 is 2.82 bits per heavy atom. The van der Waals surface area contributed by atoms with Gasteiger partial charge >= 0.3 is 12.1 Å². The topological polar surface area (TPSA) is 63.2 Å². The molecule has 0 aromatic carbocycles. The summed E-state index contributed by atoms with van der Waals surface area (Å²) >= 11 is 0. The molecule has 1 unspecified atom stereocenters. The Morgan fingerprint density at radius 1 is 1.43 bits per heavy atom. The average Bonchev–Trinajstić information content (AvgIpc) is 3.19. The lowest BCUT2D eigenvalue weighted by molar-refractivity contribution is -0.167. The van der Waals surface area contributed by atoms with E-state index in [0.29, 0.717) is 18.0 Å². The third kappa shape index (κ3) is 4.59. The monoisotopic (exact) mass is 399 g/mol. The third-order valence-corrected chi connectivity index (χ3v) is 5.73. The number of piperidine rings is 1. The maximum atomic E-state index is 12.7. The molecule has 1 aromatic heterocycles. The third-order valence-electron chi connectivity index (χ3n) is 5.73. The first-order valence-corrected chi connectivity index (χ1v) is 10.0. The van der Waals surface area contributed by atoms with Crippen molar-refractivity contribution in [2.45, 2.75) is 70.3 Å². The zero-order chi connectivity index (χ0) is 20.4. The number of aromatic nitrogens is 1. The van der Waals surface area contributed by atoms with Crippen LogP contribution < -0.4 is 10.6 Å². The fourth-order valence-electron chi connectivity index (χ4n) is 4.12. The van der Waals surface area contributed by atoms with Gasteiger partial charge in [-0.1, -0.05) is 33.1 Å². The summed E-state index contributed by atoms with van der Waals surface area (Å²) in [5, 5.41) is 6.54. The van der Waals surface area contributed by atoms with Crippen molar-refractivity contribution in [3.8, 4) is 0 Å². The number of unbranched alkanes of at least 4 members (excludes halogenated alkanes) is 2. The summed E-state index contributed by atoms with van der Waals surface area (Å²) in [4.78, 5) is 16.1. The minimum Gasteiger partial charge on any atom is -0.441 e. The van der Waals surface area contributed by atoms with Crippen LogP contribution in [-0.2, 0) is 15.7 Å². The van der Waals surface area contributed by atoms with E-state index < -0.39 is 17.6 Å². The molecule has 2 fully saturated rings. The van der Waals surface area contributed by atoms with Gasteiger partial charge in [-0.05, 0) is 30.9 Å². The summed E-state index contributed by atoms with van der Waals surface area (Å²) in [7, 11) is 0. The molecule has 1 aliphatic carbocycles. The molecule has 2 N–H and O–H groups in total. The fourth-order valence-corrected chi connectivity index (χ4v) is 4.12. The Morgan fingerprint density at radius 2 is 2.21 bits per heavy atom. The number of fused-ring (bicyclic) bond motifs is 2. The molecule has 1 saturated carbocycles. The normalized spacial score (nSPS) is 27.6. The molecule has 2 bridgehead atoms. The minimum atomic E-state index is -4.46.